The molecule has 1 saturated carbocycles. The summed E-state index contributed by atoms with van der Waals surface area (Å²) in [5.74, 6) is -0.930. The molecule has 1 rings (SSSR count). The van der Waals surface area contributed by atoms with Crippen molar-refractivity contribution in [3.05, 3.63) is 0 Å². The Balaban J connectivity index is 3.04. The van der Waals surface area contributed by atoms with Crippen molar-refractivity contribution >= 4 is 5.97 Å². The molecule has 1 aliphatic rings. The van der Waals surface area contributed by atoms with Crippen LogP contribution in [0.15, 0.2) is 0 Å². The van der Waals surface area contributed by atoms with Crippen LogP contribution in [0.2, 0.25) is 0 Å². The highest BCUT2D eigenvalue weighted by molar-refractivity contribution is 5.70. The summed E-state index contributed by atoms with van der Waals surface area (Å²) in [6, 6.07) is 0. The van der Waals surface area contributed by atoms with E-state index in [1.165, 1.54) is 0 Å². The van der Waals surface area contributed by atoms with Gasteiger partial charge in [-0.25, -0.2) is 0 Å². The van der Waals surface area contributed by atoms with Crippen LogP contribution in [0.5, 0.6) is 0 Å². The zero-order valence-electron chi connectivity index (χ0n) is 12.5. The molecule has 2 unspecified atom stereocenters. The maximum atomic E-state index is 11.3. The van der Waals surface area contributed by atoms with Crippen molar-refractivity contribution < 1.29 is 15.0 Å². The lowest BCUT2D eigenvalue weighted by Crippen LogP contribution is -2.48. The first-order valence-electron chi connectivity index (χ1n) is 6.85. The monoisotopic (exact) mass is 256 g/mol. The molecule has 2 atom stereocenters. The molecule has 3 nitrogen and oxygen atoms in total. The smallest absolute Gasteiger partial charge is 0.306 e. The minimum atomic E-state index is -0.717. The molecule has 0 aromatic rings. The summed E-state index contributed by atoms with van der Waals surface area (Å²) in [5, 5.41) is 19.9. The van der Waals surface area contributed by atoms with Gasteiger partial charge in [0.15, 0.2) is 0 Å². The molecule has 106 valence electrons. The van der Waals surface area contributed by atoms with Gasteiger partial charge in [0.1, 0.15) is 0 Å². The fourth-order valence-electron chi connectivity index (χ4n) is 3.20. The molecule has 2 N–H and O–H groups in total. The largest absolute Gasteiger partial charge is 0.481 e. The van der Waals surface area contributed by atoms with Crippen molar-refractivity contribution in [1.29, 1.82) is 0 Å². The van der Waals surface area contributed by atoms with Gasteiger partial charge in [-0.05, 0) is 35.5 Å². The van der Waals surface area contributed by atoms with Crippen molar-refractivity contribution in [1.82, 2.24) is 0 Å². The normalized spacial score (nSPS) is 34.4. The second-order valence-electron chi connectivity index (χ2n) is 7.94. The maximum Gasteiger partial charge on any atom is 0.306 e. The van der Waals surface area contributed by atoms with Gasteiger partial charge in [0.2, 0.25) is 0 Å². The molecular formula is C15H28O3. The van der Waals surface area contributed by atoms with Crippen molar-refractivity contribution in [3.8, 4) is 0 Å². The number of hydrogen-bond donors (Lipinski definition) is 2. The predicted molar refractivity (Wildman–Crippen MR) is 72.3 cm³/mol. The molecule has 0 bridgehead atoms. The Kier molecular flexibility index (Phi) is 4.16. The third-order valence-corrected chi connectivity index (χ3v) is 4.48. The molecule has 0 radical (unpaired) electrons. The molecular weight excluding hydrogens is 228 g/mol. The first-order chi connectivity index (χ1) is 7.94. The maximum absolute atomic E-state index is 11.3. The van der Waals surface area contributed by atoms with Crippen LogP contribution < -0.4 is 0 Å². The van der Waals surface area contributed by atoms with E-state index in [0.29, 0.717) is 12.8 Å². The van der Waals surface area contributed by atoms with Gasteiger partial charge >= 0.3 is 5.97 Å². The van der Waals surface area contributed by atoms with E-state index >= 15 is 0 Å². The molecule has 0 heterocycles. The lowest BCUT2D eigenvalue weighted by atomic mass is 9.59. The van der Waals surface area contributed by atoms with E-state index < -0.39 is 12.1 Å². The fraction of sp³-hybridized carbons (Fsp3) is 0.933. The Morgan fingerprint density at radius 2 is 1.28 bits per heavy atom. The van der Waals surface area contributed by atoms with Crippen molar-refractivity contribution in [2.45, 2.75) is 60.5 Å². The van der Waals surface area contributed by atoms with Gasteiger partial charge in [-0.2, -0.15) is 0 Å². The van der Waals surface area contributed by atoms with Gasteiger partial charge in [-0.15, -0.1) is 0 Å². The number of carboxylic acids is 1. The first kappa shape index (κ1) is 15.5. The highest BCUT2D eigenvalue weighted by Gasteiger charge is 2.47. The van der Waals surface area contributed by atoms with Crippen LogP contribution in [-0.2, 0) is 4.79 Å². The van der Waals surface area contributed by atoms with Gasteiger partial charge in [0, 0.05) is 0 Å². The Morgan fingerprint density at radius 3 is 1.50 bits per heavy atom. The number of aliphatic hydroxyl groups excluding tert-OH is 1. The number of aliphatic hydroxyl groups is 1. The third-order valence-electron chi connectivity index (χ3n) is 4.48. The van der Waals surface area contributed by atoms with Crippen LogP contribution in [0, 0.1) is 28.6 Å². The minimum Gasteiger partial charge on any atom is -0.481 e. The number of rotatable bonds is 1. The summed E-state index contributed by atoms with van der Waals surface area (Å²) in [7, 11) is 0. The van der Waals surface area contributed by atoms with E-state index in [1.54, 1.807) is 0 Å². The average Bonchev–Trinajstić information content (AvgIpc) is 2.13. The Bertz CT molecular complexity index is 285. The van der Waals surface area contributed by atoms with Crippen LogP contribution in [0.3, 0.4) is 0 Å². The summed E-state index contributed by atoms with van der Waals surface area (Å²) in [5.41, 5.74) is -0.117. The Labute approximate surface area is 111 Å². The van der Waals surface area contributed by atoms with E-state index in [-0.39, 0.29) is 28.6 Å². The third kappa shape index (κ3) is 3.25. The van der Waals surface area contributed by atoms with Gasteiger partial charge in [-0.3, -0.25) is 4.79 Å². The number of carboxylic acid groups (broad SMARTS) is 1. The van der Waals surface area contributed by atoms with Crippen LogP contribution in [0.1, 0.15) is 54.4 Å². The summed E-state index contributed by atoms with van der Waals surface area (Å²) in [6.07, 6.45) is 0.777. The second kappa shape index (κ2) is 4.84. The zero-order valence-corrected chi connectivity index (χ0v) is 12.5. The van der Waals surface area contributed by atoms with Gasteiger partial charge < -0.3 is 10.2 Å². The minimum absolute atomic E-state index is 0.0524. The van der Waals surface area contributed by atoms with E-state index in [2.05, 4.69) is 41.5 Å². The second-order valence-corrected chi connectivity index (χ2v) is 7.94. The van der Waals surface area contributed by atoms with Gasteiger partial charge in [-0.1, -0.05) is 41.5 Å². The van der Waals surface area contributed by atoms with Crippen LogP contribution in [0.25, 0.3) is 0 Å². The zero-order chi connectivity index (χ0) is 14.3. The molecule has 3 heteroatoms. The summed E-state index contributed by atoms with van der Waals surface area (Å²) < 4.78 is 0. The predicted octanol–water partition coefficient (Wildman–Crippen LogP) is 3.17. The van der Waals surface area contributed by atoms with E-state index in [9.17, 15) is 15.0 Å². The molecule has 18 heavy (non-hydrogen) atoms. The van der Waals surface area contributed by atoms with Crippen LogP contribution in [-0.4, -0.2) is 22.3 Å². The number of aliphatic carboxylic acids is 1. The van der Waals surface area contributed by atoms with Crippen LogP contribution >= 0.6 is 0 Å². The topological polar surface area (TPSA) is 57.5 Å². The van der Waals surface area contributed by atoms with Crippen LogP contribution in [0.4, 0.5) is 0 Å². The van der Waals surface area contributed by atoms with Crippen molar-refractivity contribution in [3.63, 3.8) is 0 Å². The molecule has 0 aromatic carbocycles. The number of carbonyl (C=O) groups is 1. The first-order valence-corrected chi connectivity index (χ1v) is 6.85. The molecule has 0 aliphatic heterocycles. The Morgan fingerprint density at radius 1 is 0.944 bits per heavy atom. The number of hydrogen-bond acceptors (Lipinski definition) is 2. The van der Waals surface area contributed by atoms with E-state index in [0.717, 1.165) is 0 Å². The van der Waals surface area contributed by atoms with Crippen molar-refractivity contribution in [2.24, 2.45) is 28.6 Å². The lowest BCUT2D eigenvalue weighted by molar-refractivity contribution is -0.151. The molecule has 1 fully saturated rings. The lowest BCUT2D eigenvalue weighted by Gasteiger charge is -2.48. The van der Waals surface area contributed by atoms with E-state index in [4.69, 9.17) is 0 Å². The van der Waals surface area contributed by atoms with Gasteiger partial charge in [0.05, 0.1) is 12.0 Å². The Hall–Kier alpha value is -0.570. The standard InChI is InChI=1S/C15H28O3/c1-14(2,3)10-7-9(13(17)18)8-11(12(10)16)15(4,5)6/h9-12,16H,7-8H2,1-6H3,(H,17,18). The molecule has 1 aliphatic carbocycles. The molecule has 0 amide bonds. The molecule has 0 saturated heterocycles. The average molecular weight is 256 g/mol. The fourth-order valence-corrected chi connectivity index (χ4v) is 3.20. The quantitative estimate of drug-likeness (QED) is 0.757. The van der Waals surface area contributed by atoms with Crippen molar-refractivity contribution in [2.75, 3.05) is 0 Å². The molecule has 0 spiro atoms. The van der Waals surface area contributed by atoms with E-state index in [1.807, 2.05) is 0 Å². The van der Waals surface area contributed by atoms with Gasteiger partial charge in [0.25, 0.3) is 0 Å². The highest BCUT2D eigenvalue weighted by atomic mass is 16.4. The summed E-state index contributed by atoms with van der Waals surface area (Å²) in [4.78, 5) is 11.3. The summed E-state index contributed by atoms with van der Waals surface area (Å²) >= 11 is 0. The SMILES string of the molecule is CC(C)(C)C1CC(C(=O)O)CC(C(C)(C)C)C1O. The highest BCUT2D eigenvalue weighted by Crippen LogP contribution is 2.48. The molecule has 0 aromatic heterocycles. The summed E-state index contributed by atoms with van der Waals surface area (Å²) in [6.45, 7) is 12.5.